The summed E-state index contributed by atoms with van der Waals surface area (Å²) < 4.78 is 11.8. The Balaban J connectivity index is 2.34. The van der Waals surface area contributed by atoms with Gasteiger partial charge in [0.25, 0.3) is 0 Å². The summed E-state index contributed by atoms with van der Waals surface area (Å²) in [4.78, 5) is 3.94. The molecule has 0 unspecified atom stereocenters. The molecule has 2 aliphatic rings. The van der Waals surface area contributed by atoms with Crippen LogP contribution < -0.4 is 0 Å². The van der Waals surface area contributed by atoms with E-state index < -0.39 is 28.6 Å². The Morgan fingerprint density at radius 2 is 1.83 bits per heavy atom. The summed E-state index contributed by atoms with van der Waals surface area (Å²) in [5, 5.41) is 38.0. The third kappa shape index (κ3) is 1.51. The van der Waals surface area contributed by atoms with Gasteiger partial charge >= 0.3 is 0 Å². The number of fused-ring (bicyclic) bond motifs is 2. The molecule has 3 heterocycles. The molecule has 2 fully saturated rings. The highest BCUT2D eigenvalue weighted by Crippen LogP contribution is 2.66. The van der Waals surface area contributed by atoms with Crippen LogP contribution in [0.4, 0.5) is 0 Å². The SMILES string of the molecule is CC[C@@]12OC(=N)[C@@](C#N)([C@@H]1C)C(C#N)(C#N)[C@H](c1ccncc1)O2. The Hall–Kier alpha value is -2.95. The van der Waals surface area contributed by atoms with E-state index in [4.69, 9.17) is 14.9 Å². The standard InChI is InChI=1S/C17H15N5O2/c1-3-17-11(2)16(10-20,14(21)24-17)15(8-18,9-19)13(23-17)12-4-6-22-7-5-12/h4-7,11,13,21H,3H2,1-2H3/t11-,13-,16+,17+/m0/s1. The first-order chi connectivity index (χ1) is 11.5. The molecule has 1 aromatic heterocycles. The van der Waals surface area contributed by atoms with Crippen molar-refractivity contribution in [1.29, 1.82) is 21.2 Å². The highest BCUT2D eigenvalue weighted by molar-refractivity contribution is 5.89. The second kappa shape index (κ2) is 5.03. The summed E-state index contributed by atoms with van der Waals surface area (Å²) in [6, 6.07) is 9.33. The fraction of sp³-hybridized carbons (Fsp3) is 0.471. The van der Waals surface area contributed by atoms with E-state index in [1.165, 1.54) is 12.4 Å². The number of nitrogens with one attached hydrogen (secondary N) is 1. The predicted molar refractivity (Wildman–Crippen MR) is 80.8 cm³/mol. The summed E-state index contributed by atoms with van der Waals surface area (Å²) in [6.07, 6.45) is 2.42. The molecule has 2 saturated heterocycles. The van der Waals surface area contributed by atoms with Crippen molar-refractivity contribution in [2.45, 2.75) is 32.2 Å². The van der Waals surface area contributed by atoms with Crippen molar-refractivity contribution >= 4 is 5.90 Å². The molecule has 0 aromatic carbocycles. The van der Waals surface area contributed by atoms with Gasteiger partial charge in [0.15, 0.2) is 5.41 Å². The van der Waals surface area contributed by atoms with Gasteiger partial charge in [-0.3, -0.25) is 10.4 Å². The second-order valence-electron chi connectivity index (χ2n) is 6.05. The van der Waals surface area contributed by atoms with E-state index in [9.17, 15) is 15.8 Å². The minimum Gasteiger partial charge on any atom is -0.447 e. The first kappa shape index (κ1) is 15.9. The Morgan fingerprint density at radius 3 is 2.33 bits per heavy atom. The van der Waals surface area contributed by atoms with E-state index in [0.717, 1.165) is 0 Å². The van der Waals surface area contributed by atoms with Crippen LogP contribution in [0.5, 0.6) is 0 Å². The highest BCUT2D eigenvalue weighted by Gasteiger charge is 2.78. The summed E-state index contributed by atoms with van der Waals surface area (Å²) >= 11 is 0. The average Bonchev–Trinajstić information content (AvgIpc) is 2.78. The Bertz CT molecular complexity index is 804. The van der Waals surface area contributed by atoms with E-state index in [1.54, 1.807) is 19.1 Å². The van der Waals surface area contributed by atoms with E-state index in [0.29, 0.717) is 12.0 Å². The molecule has 1 aromatic rings. The zero-order valence-corrected chi connectivity index (χ0v) is 13.3. The number of nitrogens with zero attached hydrogens (tertiary/aromatic N) is 4. The lowest BCUT2D eigenvalue weighted by Gasteiger charge is -2.48. The molecule has 3 rings (SSSR count). The van der Waals surface area contributed by atoms with Gasteiger partial charge < -0.3 is 9.47 Å². The monoisotopic (exact) mass is 321 g/mol. The smallest absolute Gasteiger partial charge is 0.217 e. The lowest BCUT2D eigenvalue weighted by molar-refractivity contribution is -0.280. The van der Waals surface area contributed by atoms with Gasteiger partial charge in [0, 0.05) is 18.8 Å². The van der Waals surface area contributed by atoms with Crippen LogP contribution >= 0.6 is 0 Å². The first-order valence-corrected chi connectivity index (χ1v) is 7.57. The summed E-state index contributed by atoms with van der Waals surface area (Å²) in [7, 11) is 0. The maximum atomic E-state index is 9.94. The fourth-order valence-corrected chi connectivity index (χ4v) is 3.88. The fourth-order valence-electron chi connectivity index (χ4n) is 3.88. The summed E-state index contributed by atoms with van der Waals surface area (Å²) in [5.74, 6) is -2.22. The maximum absolute atomic E-state index is 9.94. The minimum atomic E-state index is -1.89. The number of nitriles is 3. The van der Waals surface area contributed by atoms with E-state index in [2.05, 4.69) is 11.1 Å². The van der Waals surface area contributed by atoms with Gasteiger partial charge in [-0.15, -0.1) is 0 Å². The molecule has 0 saturated carbocycles. The van der Waals surface area contributed by atoms with Crippen LogP contribution in [-0.2, 0) is 9.47 Å². The lowest BCUT2D eigenvalue weighted by Crippen LogP contribution is -2.58. The highest BCUT2D eigenvalue weighted by atomic mass is 16.7. The number of aromatic nitrogens is 1. The topological polar surface area (TPSA) is 127 Å². The van der Waals surface area contributed by atoms with Crippen LogP contribution in [0.25, 0.3) is 0 Å². The van der Waals surface area contributed by atoms with E-state index in [1.807, 2.05) is 19.1 Å². The molecular formula is C17H15N5O2. The maximum Gasteiger partial charge on any atom is 0.217 e. The molecule has 2 bridgehead atoms. The Morgan fingerprint density at radius 1 is 1.21 bits per heavy atom. The molecule has 2 aliphatic heterocycles. The zero-order valence-electron chi connectivity index (χ0n) is 13.3. The van der Waals surface area contributed by atoms with Crippen LogP contribution in [0.1, 0.15) is 31.9 Å². The molecule has 1 N–H and O–H groups in total. The third-order valence-corrected chi connectivity index (χ3v) is 5.31. The normalized spacial score (nSPS) is 36.0. The number of ether oxygens (including phenoxy) is 2. The average molecular weight is 321 g/mol. The molecule has 7 heteroatoms. The first-order valence-electron chi connectivity index (χ1n) is 7.57. The summed E-state index contributed by atoms with van der Waals surface area (Å²) in [6.45, 7) is 3.52. The van der Waals surface area contributed by atoms with Crippen molar-refractivity contribution in [1.82, 2.24) is 4.98 Å². The van der Waals surface area contributed by atoms with E-state index in [-0.39, 0.29) is 5.90 Å². The van der Waals surface area contributed by atoms with Gasteiger partial charge in [-0.05, 0) is 17.7 Å². The molecule has 0 radical (unpaired) electrons. The van der Waals surface area contributed by atoms with Gasteiger partial charge in [0.1, 0.15) is 6.10 Å². The van der Waals surface area contributed by atoms with Crippen molar-refractivity contribution in [2.75, 3.05) is 0 Å². The molecular weight excluding hydrogens is 306 g/mol. The van der Waals surface area contributed by atoms with E-state index >= 15 is 0 Å². The van der Waals surface area contributed by atoms with Gasteiger partial charge in [-0.25, -0.2) is 0 Å². The molecule has 24 heavy (non-hydrogen) atoms. The van der Waals surface area contributed by atoms with Crippen molar-refractivity contribution in [3.8, 4) is 18.2 Å². The number of pyridine rings is 1. The predicted octanol–water partition coefficient (Wildman–Crippen LogP) is 2.45. The van der Waals surface area contributed by atoms with Crippen LogP contribution in [-0.4, -0.2) is 16.7 Å². The molecule has 7 nitrogen and oxygen atoms in total. The lowest BCUT2D eigenvalue weighted by atomic mass is 9.53. The largest absolute Gasteiger partial charge is 0.447 e. The molecule has 0 aliphatic carbocycles. The van der Waals surface area contributed by atoms with Crippen LogP contribution in [0.15, 0.2) is 24.5 Å². The van der Waals surface area contributed by atoms with Gasteiger partial charge in [-0.1, -0.05) is 13.8 Å². The molecule has 120 valence electrons. The molecule has 0 spiro atoms. The van der Waals surface area contributed by atoms with Crippen molar-refractivity contribution < 1.29 is 9.47 Å². The van der Waals surface area contributed by atoms with Crippen molar-refractivity contribution in [3.63, 3.8) is 0 Å². The molecule has 4 atom stereocenters. The van der Waals surface area contributed by atoms with Crippen LogP contribution in [0.3, 0.4) is 0 Å². The van der Waals surface area contributed by atoms with Crippen LogP contribution in [0.2, 0.25) is 0 Å². The van der Waals surface area contributed by atoms with Crippen molar-refractivity contribution in [2.24, 2.45) is 16.7 Å². The Labute approximate surface area is 139 Å². The van der Waals surface area contributed by atoms with Gasteiger partial charge in [0.2, 0.25) is 17.1 Å². The summed E-state index contributed by atoms with van der Waals surface area (Å²) in [5.41, 5.74) is -3.04. The second-order valence-corrected chi connectivity index (χ2v) is 6.05. The third-order valence-electron chi connectivity index (χ3n) is 5.31. The number of hydrogen-bond acceptors (Lipinski definition) is 7. The quantitative estimate of drug-likeness (QED) is 0.891. The number of rotatable bonds is 2. The minimum absolute atomic E-state index is 0.376. The van der Waals surface area contributed by atoms with Crippen molar-refractivity contribution in [3.05, 3.63) is 30.1 Å². The van der Waals surface area contributed by atoms with Gasteiger partial charge in [-0.2, -0.15) is 15.8 Å². The zero-order chi connectivity index (χ0) is 17.6. The number of hydrogen-bond donors (Lipinski definition) is 1. The Kier molecular flexibility index (Phi) is 3.34. The molecule has 0 amide bonds. The van der Waals surface area contributed by atoms with Crippen LogP contribution in [0, 0.1) is 56.2 Å². The van der Waals surface area contributed by atoms with Gasteiger partial charge in [0.05, 0.1) is 24.1 Å².